The van der Waals surface area contributed by atoms with Crippen LogP contribution in [0.2, 0.25) is 0 Å². The lowest BCUT2D eigenvalue weighted by Gasteiger charge is -2.35. The highest BCUT2D eigenvalue weighted by Gasteiger charge is 2.30. The first-order chi connectivity index (χ1) is 14.2. The Bertz CT molecular complexity index is 1150. The highest BCUT2D eigenvalue weighted by Crippen LogP contribution is 2.29. The summed E-state index contributed by atoms with van der Waals surface area (Å²) in [6.45, 7) is 1.28. The molecule has 0 saturated heterocycles. The summed E-state index contributed by atoms with van der Waals surface area (Å²) in [5.74, 6) is 0.631. The van der Waals surface area contributed by atoms with E-state index in [-0.39, 0.29) is 0 Å². The minimum atomic E-state index is 0.293. The van der Waals surface area contributed by atoms with Crippen molar-refractivity contribution in [3.63, 3.8) is 0 Å². The van der Waals surface area contributed by atoms with E-state index in [0.717, 1.165) is 40.5 Å². The number of ether oxygens (including phenoxy) is 2. The molecule has 5 rings (SSSR count). The summed E-state index contributed by atoms with van der Waals surface area (Å²) < 4.78 is 14.4. The quantitative estimate of drug-likeness (QED) is 0.482. The SMILES string of the molecule is COCCOC1CC(Nc2ncc3c(-c4ccc5nnn(C)c5c4)ccn3n2)C1. The molecule has 0 amide bonds. The van der Waals surface area contributed by atoms with Crippen molar-refractivity contribution in [1.82, 2.24) is 29.6 Å². The van der Waals surface area contributed by atoms with Gasteiger partial charge in [0.05, 0.1) is 36.5 Å². The molecule has 4 aromatic rings. The first-order valence-corrected chi connectivity index (χ1v) is 9.72. The molecule has 0 atom stereocenters. The zero-order valence-corrected chi connectivity index (χ0v) is 16.4. The van der Waals surface area contributed by atoms with Gasteiger partial charge >= 0.3 is 0 Å². The third kappa shape index (κ3) is 3.43. The van der Waals surface area contributed by atoms with Gasteiger partial charge in [-0.2, -0.15) is 0 Å². The van der Waals surface area contributed by atoms with Gasteiger partial charge in [0.2, 0.25) is 5.95 Å². The molecule has 9 nitrogen and oxygen atoms in total. The number of anilines is 1. The lowest BCUT2D eigenvalue weighted by molar-refractivity contribution is -0.0261. The fourth-order valence-electron chi connectivity index (χ4n) is 3.71. The van der Waals surface area contributed by atoms with Gasteiger partial charge in [0.25, 0.3) is 0 Å². The van der Waals surface area contributed by atoms with Gasteiger partial charge in [0, 0.05) is 32.0 Å². The summed E-state index contributed by atoms with van der Waals surface area (Å²) in [5, 5.41) is 16.2. The Kier molecular flexibility index (Phi) is 4.61. The molecule has 1 N–H and O–H groups in total. The van der Waals surface area contributed by atoms with Crippen molar-refractivity contribution >= 4 is 22.5 Å². The summed E-state index contributed by atoms with van der Waals surface area (Å²) in [6, 6.07) is 8.53. The standard InChI is InChI=1S/C20H23N7O2/c1-26-18-9-13(3-4-17(18)23-25-26)16-5-6-27-19(16)12-21-20(24-27)22-14-10-15(11-14)29-8-7-28-2/h3-6,9,12,14-15H,7-8,10-11H2,1-2H3,(H,22,24). The first kappa shape index (κ1) is 18.0. The average molecular weight is 393 g/mol. The molecule has 9 heteroatoms. The number of fused-ring (bicyclic) bond motifs is 2. The monoisotopic (exact) mass is 393 g/mol. The largest absolute Gasteiger partial charge is 0.382 e. The van der Waals surface area contributed by atoms with Crippen LogP contribution in [0.15, 0.2) is 36.7 Å². The summed E-state index contributed by atoms with van der Waals surface area (Å²) in [5.41, 5.74) is 5.00. The lowest BCUT2D eigenvalue weighted by Crippen LogP contribution is -2.41. The number of hydrogen-bond donors (Lipinski definition) is 1. The van der Waals surface area contributed by atoms with E-state index in [9.17, 15) is 0 Å². The minimum Gasteiger partial charge on any atom is -0.382 e. The second-order valence-electron chi connectivity index (χ2n) is 7.36. The maximum Gasteiger partial charge on any atom is 0.241 e. The summed E-state index contributed by atoms with van der Waals surface area (Å²) in [4.78, 5) is 4.52. The highest BCUT2D eigenvalue weighted by molar-refractivity contribution is 5.87. The molecule has 1 saturated carbocycles. The van der Waals surface area contributed by atoms with Crippen molar-refractivity contribution < 1.29 is 9.47 Å². The molecule has 0 spiro atoms. The van der Waals surface area contributed by atoms with Crippen molar-refractivity contribution in [2.45, 2.75) is 25.0 Å². The number of benzene rings is 1. The van der Waals surface area contributed by atoms with Crippen LogP contribution in [0.1, 0.15) is 12.8 Å². The van der Waals surface area contributed by atoms with E-state index in [2.05, 4.69) is 43.9 Å². The topological polar surface area (TPSA) is 91.4 Å². The fourth-order valence-corrected chi connectivity index (χ4v) is 3.71. The van der Waals surface area contributed by atoms with Gasteiger partial charge in [-0.1, -0.05) is 11.3 Å². The second kappa shape index (κ2) is 7.41. The molecule has 1 aliphatic carbocycles. The van der Waals surface area contributed by atoms with Crippen molar-refractivity contribution in [2.24, 2.45) is 7.05 Å². The van der Waals surface area contributed by atoms with Crippen LogP contribution in [0.5, 0.6) is 0 Å². The van der Waals surface area contributed by atoms with E-state index in [1.807, 2.05) is 30.0 Å². The first-order valence-electron chi connectivity index (χ1n) is 9.72. The molecule has 0 bridgehead atoms. The van der Waals surface area contributed by atoms with Crippen molar-refractivity contribution in [2.75, 3.05) is 25.6 Å². The zero-order chi connectivity index (χ0) is 19.8. The zero-order valence-electron chi connectivity index (χ0n) is 16.4. The molecular formula is C20H23N7O2. The van der Waals surface area contributed by atoms with E-state index in [1.54, 1.807) is 11.8 Å². The third-order valence-electron chi connectivity index (χ3n) is 5.41. The second-order valence-corrected chi connectivity index (χ2v) is 7.36. The van der Waals surface area contributed by atoms with Gasteiger partial charge in [0.1, 0.15) is 5.52 Å². The van der Waals surface area contributed by atoms with Gasteiger partial charge < -0.3 is 14.8 Å². The van der Waals surface area contributed by atoms with Crippen LogP contribution in [0, 0.1) is 0 Å². The van der Waals surface area contributed by atoms with Crippen molar-refractivity contribution in [1.29, 1.82) is 0 Å². The lowest BCUT2D eigenvalue weighted by atomic mass is 9.89. The Balaban J connectivity index is 1.30. The Morgan fingerprint density at radius 3 is 2.93 bits per heavy atom. The number of hydrogen-bond acceptors (Lipinski definition) is 7. The van der Waals surface area contributed by atoms with Crippen molar-refractivity contribution in [3.8, 4) is 11.1 Å². The van der Waals surface area contributed by atoms with Crippen LogP contribution in [0.3, 0.4) is 0 Å². The van der Waals surface area contributed by atoms with Crippen LogP contribution in [0.4, 0.5) is 5.95 Å². The molecule has 1 fully saturated rings. The van der Waals surface area contributed by atoms with E-state index >= 15 is 0 Å². The summed E-state index contributed by atoms with van der Waals surface area (Å²) in [7, 11) is 3.58. The number of aryl methyl sites for hydroxylation is 1. The Hall–Kier alpha value is -3.04. The number of aromatic nitrogens is 6. The Labute approximate surface area is 167 Å². The Morgan fingerprint density at radius 1 is 1.17 bits per heavy atom. The highest BCUT2D eigenvalue weighted by atomic mass is 16.5. The Morgan fingerprint density at radius 2 is 2.07 bits per heavy atom. The molecule has 29 heavy (non-hydrogen) atoms. The summed E-state index contributed by atoms with van der Waals surface area (Å²) in [6.07, 6.45) is 6.03. The van der Waals surface area contributed by atoms with Gasteiger partial charge in [-0.25, -0.2) is 14.2 Å². The molecule has 150 valence electrons. The van der Waals surface area contributed by atoms with Gasteiger partial charge in [0.15, 0.2) is 0 Å². The maximum atomic E-state index is 5.72. The minimum absolute atomic E-state index is 0.293. The molecule has 0 unspecified atom stereocenters. The number of rotatable bonds is 7. The number of nitrogens with zero attached hydrogens (tertiary/aromatic N) is 6. The normalized spacial score (nSPS) is 19.0. The maximum absolute atomic E-state index is 5.72. The third-order valence-corrected chi connectivity index (χ3v) is 5.41. The smallest absolute Gasteiger partial charge is 0.241 e. The van der Waals surface area contributed by atoms with Crippen LogP contribution >= 0.6 is 0 Å². The van der Waals surface area contributed by atoms with E-state index in [4.69, 9.17) is 9.47 Å². The van der Waals surface area contributed by atoms with Crippen LogP contribution in [-0.4, -0.2) is 62.1 Å². The molecule has 0 radical (unpaired) electrons. The molecule has 1 aliphatic rings. The number of nitrogens with one attached hydrogen (secondary N) is 1. The number of methoxy groups -OCH3 is 1. The molecule has 0 aliphatic heterocycles. The molecular weight excluding hydrogens is 370 g/mol. The molecule has 1 aromatic carbocycles. The van der Waals surface area contributed by atoms with Gasteiger partial charge in [-0.15, -0.1) is 10.2 Å². The van der Waals surface area contributed by atoms with Crippen LogP contribution in [0.25, 0.3) is 27.7 Å². The van der Waals surface area contributed by atoms with Gasteiger partial charge in [-0.05, 0) is 36.6 Å². The van der Waals surface area contributed by atoms with E-state index in [0.29, 0.717) is 31.3 Å². The molecule has 3 heterocycles. The van der Waals surface area contributed by atoms with E-state index < -0.39 is 0 Å². The predicted octanol–water partition coefficient (Wildman–Crippen LogP) is 2.28. The predicted molar refractivity (Wildman–Crippen MR) is 109 cm³/mol. The van der Waals surface area contributed by atoms with Crippen LogP contribution in [-0.2, 0) is 16.5 Å². The van der Waals surface area contributed by atoms with Crippen molar-refractivity contribution in [3.05, 3.63) is 36.7 Å². The van der Waals surface area contributed by atoms with Gasteiger partial charge in [-0.3, -0.25) is 0 Å². The summed E-state index contributed by atoms with van der Waals surface area (Å²) >= 11 is 0. The fraction of sp³-hybridized carbons (Fsp3) is 0.400. The molecule has 3 aromatic heterocycles. The average Bonchev–Trinajstić information content (AvgIpc) is 3.29. The van der Waals surface area contributed by atoms with E-state index in [1.165, 1.54) is 0 Å². The van der Waals surface area contributed by atoms with Crippen LogP contribution < -0.4 is 5.32 Å².